The van der Waals surface area contributed by atoms with E-state index in [1.54, 1.807) is 24.5 Å². The molecule has 2 aromatic rings. The van der Waals surface area contributed by atoms with Gasteiger partial charge in [-0.1, -0.05) is 12.1 Å². The predicted molar refractivity (Wildman–Crippen MR) is 88.1 cm³/mol. The fraction of sp³-hybridized carbons (Fsp3) is 0.333. The number of nitrogens with one attached hydrogen (secondary N) is 1. The summed E-state index contributed by atoms with van der Waals surface area (Å²) in [5, 5.41) is 3.03. The molecule has 0 aliphatic carbocycles. The fourth-order valence-corrected chi connectivity index (χ4v) is 2.90. The minimum Gasteiger partial charge on any atom is -0.371 e. The van der Waals surface area contributed by atoms with Crippen molar-refractivity contribution in [3.63, 3.8) is 0 Å². The van der Waals surface area contributed by atoms with Crippen molar-refractivity contribution in [3.05, 3.63) is 59.9 Å². The largest absolute Gasteiger partial charge is 0.371 e. The van der Waals surface area contributed by atoms with Crippen LogP contribution in [-0.2, 0) is 0 Å². The molecule has 0 saturated carbocycles. The highest BCUT2D eigenvalue weighted by Gasteiger charge is 2.23. The minimum atomic E-state index is -0.0172. The van der Waals surface area contributed by atoms with Crippen molar-refractivity contribution in [3.8, 4) is 0 Å². The average molecular weight is 295 g/mol. The van der Waals surface area contributed by atoms with Gasteiger partial charge in [-0.3, -0.25) is 9.78 Å². The van der Waals surface area contributed by atoms with Gasteiger partial charge in [0, 0.05) is 43.3 Å². The number of hydrogen-bond acceptors (Lipinski definition) is 3. The lowest BCUT2D eigenvalue weighted by atomic mass is 10.1. The van der Waals surface area contributed by atoms with Gasteiger partial charge >= 0.3 is 0 Å². The topological polar surface area (TPSA) is 45.2 Å². The van der Waals surface area contributed by atoms with Gasteiger partial charge in [-0.2, -0.15) is 0 Å². The van der Waals surface area contributed by atoms with E-state index >= 15 is 0 Å². The molecule has 1 atom stereocenters. The van der Waals surface area contributed by atoms with Crippen LogP contribution in [0.1, 0.15) is 22.3 Å². The number of aryl methyl sites for hydroxylation is 1. The molecular formula is C18H21N3O. The van der Waals surface area contributed by atoms with Crippen LogP contribution in [0.25, 0.3) is 0 Å². The smallest absolute Gasteiger partial charge is 0.251 e. The number of pyridine rings is 1. The third kappa shape index (κ3) is 3.45. The summed E-state index contributed by atoms with van der Waals surface area (Å²) in [5.74, 6) is 0.489. The molecule has 1 aromatic heterocycles. The Morgan fingerprint density at radius 2 is 2.14 bits per heavy atom. The van der Waals surface area contributed by atoms with Crippen LogP contribution in [0.3, 0.4) is 0 Å². The number of benzene rings is 1. The second-order valence-corrected chi connectivity index (χ2v) is 5.89. The van der Waals surface area contributed by atoms with E-state index in [0.29, 0.717) is 11.5 Å². The molecule has 1 unspecified atom stereocenters. The van der Waals surface area contributed by atoms with Crippen molar-refractivity contribution in [1.82, 2.24) is 10.3 Å². The lowest BCUT2D eigenvalue weighted by Crippen LogP contribution is -2.31. The van der Waals surface area contributed by atoms with Crippen molar-refractivity contribution in [2.75, 3.05) is 24.5 Å². The SMILES string of the molecule is Cc1cccc(N2CCC(CNC(=O)c3ccncc3)C2)c1. The molecule has 1 fully saturated rings. The normalized spacial score (nSPS) is 17.5. The Balaban J connectivity index is 1.52. The third-order valence-electron chi connectivity index (χ3n) is 4.15. The van der Waals surface area contributed by atoms with E-state index in [1.807, 2.05) is 0 Å². The molecule has 1 N–H and O–H groups in total. The molecule has 2 heterocycles. The van der Waals surface area contributed by atoms with Crippen LogP contribution in [0.15, 0.2) is 48.8 Å². The lowest BCUT2D eigenvalue weighted by Gasteiger charge is -2.19. The van der Waals surface area contributed by atoms with Crippen LogP contribution in [0.5, 0.6) is 0 Å². The van der Waals surface area contributed by atoms with E-state index in [1.165, 1.54) is 11.3 Å². The number of nitrogens with zero attached hydrogens (tertiary/aromatic N) is 2. The van der Waals surface area contributed by atoms with Gasteiger partial charge in [-0.15, -0.1) is 0 Å². The molecule has 22 heavy (non-hydrogen) atoms. The third-order valence-corrected chi connectivity index (χ3v) is 4.15. The molecule has 0 spiro atoms. The maximum absolute atomic E-state index is 12.0. The van der Waals surface area contributed by atoms with Gasteiger partial charge in [0.05, 0.1) is 0 Å². The maximum Gasteiger partial charge on any atom is 0.251 e. The van der Waals surface area contributed by atoms with Gasteiger partial charge in [0.25, 0.3) is 5.91 Å². The molecule has 114 valence electrons. The van der Waals surface area contributed by atoms with Crippen LogP contribution in [0.4, 0.5) is 5.69 Å². The van der Waals surface area contributed by atoms with E-state index in [9.17, 15) is 4.79 Å². The highest BCUT2D eigenvalue weighted by Crippen LogP contribution is 2.24. The first-order valence-electron chi connectivity index (χ1n) is 7.72. The summed E-state index contributed by atoms with van der Waals surface area (Å²) in [5.41, 5.74) is 3.23. The zero-order valence-electron chi connectivity index (χ0n) is 12.8. The minimum absolute atomic E-state index is 0.0172. The number of carbonyl (C=O) groups is 1. The van der Waals surface area contributed by atoms with Crippen LogP contribution in [0.2, 0.25) is 0 Å². The first-order chi connectivity index (χ1) is 10.7. The molecule has 4 nitrogen and oxygen atoms in total. The molecule has 3 rings (SSSR count). The highest BCUT2D eigenvalue weighted by atomic mass is 16.1. The number of anilines is 1. The number of carbonyl (C=O) groups excluding carboxylic acids is 1. The zero-order chi connectivity index (χ0) is 15.4. The molecule has 1 aliphatic rings. The summed E-state index contributed by atoms with van der Waals surface area (Å²) in [4.78, 5) is 18.4. The van der Waals surface area contributed by atoms with E-state index in [-0.39, 0.29) is 5.91 Å². The first-order valence-corrected chi connectivity index (χ1v) is 7.72. The summed E-state index contributed by atoms with van der Waals surface area (Å²) in [7, 11) is 0. The molecule has 1 amide bonds. The molecule has 4 heteroatoms. The standard InChI is InChI=1S/C18H21N3O/c1-14-3-2-4-17(11-14)21-10-7-15(13-21)12-20-18(22)16-5-8-19-9-6-16/h2-6,8-9,11,15H,7,10,12-13H2,1H3,(H,20,22). The Bertz CT molecular complexity index is 642. The Morgan fingerprint density at radius 1 is 1.32 bits per heavy atom. The van der Waals surface area contributed by atoms with Gasteiger partial charge in [-0.05, 0) is 49.1 Å². The summed E-state index contributed by atoms with van der Waals surface area (Å²) >= 11 is 0. The van der Waals surface area contributed by atoms with Gasteiger partial charge in [0.1, 0.15) is 0 Å². The van der Waals surface area contributed by atoms with Gasteiger partial charge in [0.15, 0.2) is 0 Å². The van der Waals surface area contributed by atoms with Crippen LogP contribution < -0.4 is 10.2 Å². The van der Waals surface area contributed by atoms with Crippen LogP contribution >= 0.6 is 0 Å². The molecule has 1 aliphatic heterocycles. The van der Waals surface area contributed by atoms with Gasteiger partial charge in [0.2, 0.25) is 0 Å². The summed E-state index contributed by atoms with van der Waals surface area (Å²) in [6, 6.07) is 12.1. The Morgan fingerprint density at radius 3 is 2.91 bits per heavy atom. The second-order valence-electron chi connectivity index (χ2n) is 5.89. The monoisotopic (exact) mass is 295 g/mol. The molecule has 1 saturated heterocycles. The fourth-order valence-electron chi connectivity index (χ4n) is 2.90. The van der Waals surface area contributed by atoms with Gasteiger partial charge in [-0.25, -0.2) is 0 Å². The number of amides is 1. The quantitative estimate of drug-likeness (QED) is 0.943. The summed E-state index contributed by atoms with van der Waals surface area (Å²) in [6.07, 6.45) is 4.40. The van der Waals surface area contributed by atoms with E-state index < -0.39 is 0 Å². The average Bonchev–Trinajstić information content (AvgIpc) is 3.02. The van der Waals surface area contributed by atoms with E-state index in [0.717, 1.165) is 26.1 Å². The Labute approximate surface area is 131 Å². The van der Waals surface area contributed by atoms with Crippen molar-refractivity contribution in [2.45, 2.75) is 13.3 Å². The number of aromatic nitrogens is 1. The lowest BCUT2D eigenvalue weighted by molar-refractivity contribution is 0.0948. The maximum atomic E-state index is 12.0. The number of rotatable bonds is 4. The number of hydrogen-bond donors (Lipinski definition) is 1. The van der Waals surface area contributed by atoms with Crippen LogP contribution in [0, 0.1) is 12.8 Å². The summed E-state index contributed by atoms with van der Waals surface area (Å²) in [6.45, 7) is 4.90. The highest BCUT2D eigenvalue weighted by molar-refractivity contribution is 5.93. The van der Waals surface area contributed by atoms with Crippen molar-refractivity contribution in [2.24, 2.45) is 5.92 Å². The second kappa shape index (κ2) is 6.60. The zero-order valence-corrected chi connectivity index (χ0v) is 12.8. The summed E-state index contributed by atoms with van der Waals surface area (Å²) < 4.78 is 0. The van der Waals surface area contributed by atoms with Crippen molar-refractivity contribution in [1.29, 1.82) is 0 Å². The molecule has 1 aromatic carbocycles. The molecular weight excluding hydrogens is 274 g/mol. The van der Waals surface area contributed by atoms with Gasteiger partial charge < -0.3 is 10.2 Å². The van der Waals surface area contributed by atoms with Crippen LogP contribution in [-0.4, -0.2) is 30.5 Å². The van der Waals surface area contributed by atoms with E-state index in [2.05, 4.69) is 46.4 Å². The Kier molecular flexibility index (Phi) is 4.37. The van der Waals surface area contributed by atoms with Crippen molar-refractivity contribution < 1.29 is 4.79 Å². The van der Waals surface area contributed by atoms with E-state index in [4.69, 9.17) is 0 Å². The molecule has 0 radical (unpaired) electrons. The molecule has 0 bridgehead atoms. The van der Waals surface area contributed by atoms with Crippen molar-refractivity contribution >= 4 is 11.6 Å². The first kappa shape index (κ1) is 14.6. The Hall–Kier alpha value is -2.36. The predicted octanol–water partition coefficient (Wildman–Crippen LogP) is 2.65.